The molecule has 1 amide bonds. The Hall–Kier alpha value is -3.18. The lowest BCUT2D eigenvalue weighted by atomic mass is 9.95. The van der Waals surface area contributed by atoms with Crippen LogP contribution in [0.25, 0.3) is 17.0 Å². The molecule has 1 aliphatic heterocycles. The van der Waals surface area contributed by atoms with Crippen LogP contribution in [0.4, 0.5) is 0 Å². The number of rotatable bonds is 7. The average molecular weight is 442 g/mol. The van der Waals surface area contributed by atoms with Crippen molar-refractivity contribution in [2.24, 2.45) is 0 Å². The predicted octanol–water partition coefficient (Wildman–Crippen LogP) is 5.08. The Bertz CT molecular complexity index is 1230. The summed E-state index contributed by atoms with van der Waals surface area (Å²) < 4.78 is 6.21. The van der Waals surface area contributed by atoms with Gasteiger partial charge in [0, 0.05) is 23.2 Å². The minimum absolute atomic E-state index is 0.0649. The summed E-state index contributed by atoms with van der Waals surface area (Å²) >= 11 is 0. The molecule has 2 fully saturated rings. The van der Waals surface area contributed by atoms with E-state index < -0.39 is 0 Å². The van der Waals surface area contributed by atoms with Crippen LogP contribution >= 0.6 is 0 Å². The number of nitrogens with one attached hydrogen (secondary N) is 1. The van der Waals surface area contributed by atoms with Crippen LogP contribution in [0.2, 0.25) is 0 Å². The number of pyridine rings is 1. The SMILES string of the molecule is C=Cc1cc(C2(NC(=O)c3cc(OC(C)C4CCN4C)ccc3C)CC2)c2cccnc2c1. The Kier molecular flexibility index (Phi) is 5.45. The third-order valence-corrected chi connectivity index (χ3v) is 7.26. The van der Waals surface area contributed by atoms with E-state index in [0.717, 1.165) is 59.2 Å². The van der Waals surface area contributed by atoms with Crippen molar-refractivity contribution in [3.8, 4) is 5.75 Å². The second-order valence-electron chi connectivity index (χ2n) is 9.52. The zero-order chi connectivity index (χ0) is 23.2. The molecule has 1 saturated carbocycles. The zero-order valence-corrected chi connectivity index (χ0v) is 19.6. The maximum atomic E-state index is 13.5. The van der Waals surface area contributed by atoms with E-state index in [1.807, 2.05) is 43.3 Å². The molecule has 2 aromatic carbocycles. The van der Waals surface area contributed by atoms with Crippen LogP contribution in [-0.2, 0) is 5.54 Å². The van der Waals surface area contributed by atoms with E-state index in [2.05, 4.69) is 47.9 Å². The van der Waals surface area contributed by atoms with E-state index in [4.69, 9.17) is 4.74 Å². The third kappa shape index (κ3) is 4.02. The largest absolute Gasteiger partial charge is 0.489 e. The summed E-state index contributed by atoms with van der Waals surface area (Å²) in [6.07, 6.45) is 6.67. The lowest BCUT2D eigenvalue weighted by Crippen LogP contribution is -2.52. The topological polar surface area (TPSA) is 54.5 Å². The van der Waals surface area contributed by atoms with Crippen molar-refractivity contribution >= 4 is 22.9 Å². The van der Waals surface area contributed by atoms with Gasteiger partial charge in [0.15, 0.2) is 0 Å². The molecule has 5 nitrogen and oxygen atoms in total. The van der Waals surface area contributed by atoms with Gasteiger partial charge in [-0.1, -0.05) is 24.8 Å². The van der Waals surface area contributed by atoms with Gasteiger partial charge in [-0.05, 0) is 93.7 Å². The van der Waals surface area contributed by atoms with Crippen LogP contribution in [-0.4, -0.2) is 41.5 Å². The van der Waals surface area contributed by atoms with Gasteiger partial charge < -0.3 is 10.1 Å². The van der Waals surface area contributed by atoms with E-state index in [1.54, 1.807) is 6.20 Å². The minimum atomic E-state index is -0.372. The summed E-state index contributed by atoms with van der Waals surface area (Å²) in [7, 11) is 2.12. The van der Waals surface area contributed by atoms with Crippen molar-refractivity contribution < 1.29 is 9.53 Å². The Morgan fingerprint density at radius 2 is 2.12 bits per heavy atom. The van der Waals surface area contributed by atoms with Crippen molar-refractivity contribution in [2.45, 2.75) is 50.8 Å². The van der Waals surface area contributed by atoms with Crippen LogP contribution < -0.4 is 10.1 Å². The minimum Gasteiger partial charge on any atom is -0.489 e. The Balaban J connectivity index is 1.41. The van der Waals surface area contributed by atoms with Gasteiger partial charge in [-0.2, -0.15) is 0 Å². The number of hydrogen-bond acceptors (Lipinski definition) is 4. The molecule has 2 unspecified atom stereocenters. The number of nitrogens with zero attached hydrogens (tertiary/aromatic N) is 2. The molecular weight excluding hydrogens is 410 g/mol. The number of carbonyl (C=O) groups excluding carboxylic acids is 1. The molecular formula is C28H31N3O2. The molecule has 2 heterocycles. The molecule has 5 heteroatoms. The molecule has 2 atom stereocenters. The zero-order valence-electron chi connectivity index (χ0n) is 19.6. The highest BCUT2D eigenvalue weighted by Gasteiger charge is 2.47. The van der Waals surface area contributed by atoms with Crippen LogP contribution in [0, 0.1) is 6.92 Å². The Morgan fingerprint density at radius 3 is 2.79 bits per heavy atom. The molecule has 3 aromatic rings. The van der Waals surface area contributed by atoms with E-state index in [1.165, 1.54) is 0 Å². The van der Waals surface area contributed by atoms with Gasteiger partial charge >= 0.3 is 0 Å². The molecule has 1 N–H and O–H groups in total. The van der Waals surface area contributed by atoms with Crippen molar-refractivity contribution in [3.05, 3.63) is 77.5 Å². The summed E-state index contributed by atoms with van der Waals surface area (Å²) in [5.74, 6) is 0.677. The number of hydrogen-bond donors (Lipinski definition) is 1. The van der Waals surface area contributed by atoms with Gasteiger partial charge in [0.2, 0.25) is 0 Å². The maximum Gasteiger partial charge on any atom is 0.252 e. The standard InChI is InChI=1S/C28H31N3O2/c1-5-20-15-24(22-7-6-13-29-25(22)16-20)28(11-12-28)30-27(32)23-17-21(9-8-18(23)2)33-19(3)26-10-14-31(26)4/h5-9,13,15-17,19,26H,1,10-12,14H2,2-4H3,(H,30,32). The van der Waals surface area contributed by atoms with E-state index in [0.29, 0.717) is 11.6 Å². The molecule has 5 rings (SSSR count). The molecule has 1 aromatic heterocycles. The van der Waals surface area contributed by atoms with E-state index in [-0.39, 0.29) is 17.6 Å². The summed E-state index contributed by atoms with van der Waals surface area (Å²) in [5.41, 5.74) is 4.28. The highest BCUT2D eigenvalue weighted by molar-refractivity contribution is 5.97. The van der Waals surface area contributed by atoms with Gasteiger partial charge in [-0.3, -0.25) is 14.7 Å². The lowest BCUT2D eigenvalue weighted by Gasteiger charge is -2.41. The van der Waals surface area contributed by atoms with E-state index in [9.17, 15) is 4.79 Å². The molecule has 0 radical (unpaired) electrons. The molecule has 170 valence electrons. The summed E-state index contributed by atoms with van der Waals surface area (Å²) in [5, 5.41) is 4.43. The number of fused-ring (bicyclic) bond motifs is 1. The van der Waals surface area contributed by atoms with Crippen molar-refractivity contribution in [2.75, 3.05) is 13.6 Å². The lowest BCUT2D eigenvalue weighted by molar-refractivity contribution is 0.0269. The predicted molar refractivity (Wildman–Crippen MR) is 133 cm³/mol. The number of carbonyl (C=O) groups is 1. The molecule has 0 bridgehead atoms. The number of likely N-dealkylation sites (tertiary alicyclic amines) is 1. The number of likely N-dealkylation sites (N-methyl/N-ethyl adjacent to an activating group) is 1. The van der Waals surface area contributed by atoms with Gasteiger partial charge in [-0.25, -0.2) is 0 Å². The molecule has 1 aliphatic carbocycles. The fourth-order valence-electron chi connectivity index (χ4n) is 4.93. The summed E-state index contributed by atoms with van der Waals surface area (Å²) in [6.45, 7) is 9.11. The summed E-state index contributed by atoms with van der Waals surface area (Å²) in [6, 6.07) is 14.4. The molecule has 33 heavy (non-hydrogen) atoms. The number of aromatic nitrogens is 1. The number of ether oxygens (including phenoxy) is 1. The first-order chi connectivity index (χ1) is 15.9. The summed E-state index contributed by atoms with van der Waals surface area (Å²) in [4.78, 5) is 20.3. The van der Waals surface area contributed by atoms with Gasteiger partial charge in [0.1, 0.15) is 11.9 Å². The van der Waals surface area contributed by atoms with E-state index >= 15 is 0 Å². The number of amides is 1. The Morgan fingerprint density at radius 1 is 1.30 bits per heavy atom. The van der Waals surface area contributed by atoms with Crippen molar-refractivity contribution in [1.82, 2.24) is 15.2 Å². The van der Waals surface area contributed by atoms with Crippen LogP contribution in [0.3, 0.4) is 0 Å². The normalized spacial score (nSPS) is 20.0. The smallest absolute Gasteiger partial charge is 0.252 e. The van der Waals surface area contributed by atoms with Gasteiger partial charge in [-0.15, -0.1) is 0 Å². The maximum absolute atomic E-state index is 13.5. The second-order valence-corrected chi connectivity index (χ2v) is 9.52. The molecule has 2 aliphatic rings. The van der Waals surface area contributed by atoms with Crippen LogP contribution in [0.5, 0.6) is 5.75 Å². The first-order valence-electron chi connectivity index (χ1n) is 11.7. The number of benzene rings is 2. The quantitative estimate of drug-likeness (QED) is 0.556. The monoisotopic (exact) mass is 441 g/mol. The van der Waals surface area contributed by atoms with Gasteiger partial charge in [0.25, 0.3) is 5.91 Å². The second kappa shape index (κ2) is 8.31. The first-order valence-corrected chi connectivity index (χ1v) is 11.7. The average Bonchev–Trinajstić information content (AvgIpc) is 3.58. The number of aryl methyl sites for hydroxylation is 1. The van der Waals surface area contributed by atoms with Gasteiger partial charge in [0.05, 0.1) is 11.1 Å². The fraction of sp³-hybridized carbons (Fsp3) is 0.357. The van der Waals surface area contributed by atoms with Crippen molar-refractivity contribution in [1.29, 1.82) is 0 Å². The fourth-order valence-corrected chi connectivity index (χ4v) is 4.93. The van der Waals surface area contributed by atoms with Crippen molar-refractivity contribution in [3.63, 3.8) is 0 Å². The molecule has 0 spiro atoms. The Labute approximate surface area is 195 Å². The van der Waals surface area contributed by atoms with Crippen LogP contribution in [0.1, 0.15) is 53.2 Å². The first kappa shape index (κ1) is 21.7. The third-order valence-electron chi connectivity index (χ3n) is 7.26. The molecule has 1 saturated heterocycles. The van der Waals surface area contributed by atoms with Crippen LogP contribution in [0.15, 0.2) is 55.2 Å². The highest BCUT2D eigenvalue weighted by Crippen LogP contribution is 2.48. The highest BCUT2D eigenvalue weighted by atomic mass is 16.5.